The lowest BCUT2D eigenvalue weighted by Gasteiger charge is -2.06. The number of rotatable bonds is 3. The number of halogens is 1. The lowest BCUT2D eigenvalue weighted by atomic mass is 10.5. The van der Waals surface area contributed by atoms with Crippen molar-refractivity contribution >= 4 is 27.4 Å². The summed E-state index contributed by atoms with van der Waals surface area (Å²) in [7, 11) is -2.06. The zero-order valence-corrected chi connectivity index (χ0v) is 10.4. The van der Waals surface area contributed by atoms with Crippen LogP contribution in [0.25, 0.3) is 0 Å². The number of hydrogen-bond acceptors (Lipinski definition) is 4. The van der Waals surface area contributed by atoms with Crippen molar-refractivity contribution < 1.29 is 8.42 Å². The molecule has 2 aromatic heterocycles. The van der Waals surface area contributed by atoms with Crippen LogP contribution in [0, 0.1) is 0 Å². The molecule has 0 atom stereocenters. The van der Waals surface area contributed by atoms with Gasteiger partial charge < -0.3 is 0 Å². The van der Waals surface area contributed by atoms with Gasteiger partial charge in [-0.15, -0.1) is 0 Å². The summed E-state index contributed by atoms with van der Waals surface area (Å²) in [4.78, 5) is 3.65. The van der Waals surface area contributed by atoms with E-state index in [0.717, 1.165) is 0 Å². The number of sulfonamides is 1. The third-order valence-corrected chi connectivity index (χ3v) is 3.80. The highest BCUT2D eigenvalue weighted by atomic mass is 35.5. The molecule has 0 radical (unpaired) electrons. The maximum absolute atomic E-state index is 11.9. The molecule has 17 heavy (non-hydrogen) atoms. The summed E-state index contributed by atoms with van der Waals surface area (Å²) >= 11 is 5.80. The van der Waals surface area contributed by atoms with Crippen LogP contribution < -0.4 is 4.72 Å². The Morgan fingerprint density at radius 3 is 2.76 bits per heavy atom. The van der Waals surface area contributed by atoms with Crippen molar-refractivity contribution in [2.24, 2.45) is 7.05 Å². The van der Waals surface area contributed by atoms with Crippen LogP contribution in [0.1, 0.15) is 0 Å². The molecular weight excluding hydrogens is 264 g/mol. The number of nitrogens with zero attached hydrogens (tertiary/aromatic N) is 3. The fourth-order valence-electron chi connectivity index (χ4n) is 1.22. The highest BCUT2D eigenvalue weighted by Crippen LogP contribution is 2.21. The SMILES string of the molecule is Cn1ccc(NS(=O)(=O)c2cnccc2Cl)n1. The van der Waals surface area contributed by atoms with Crippen molar-refractivity contribution in [3.8, 4) is 0 Å². The van der Waals surface area contributed by atoms with E-state index in [9.17, 15) is 8.42 Å². The Morgan fingerprint density at radius 1 is 1.41 bits per heavy atom. The normalized spacial score (nSPS) is 11.4. The molecule has 2 heterocycles. The zero-order valence-electron chi connectivity index (χ0n) is 8.83. The van der Waals surface area contributed by atoms with E-state index in [2.05, 4.69) is 14.8 Å². The Bertz CT molecular complexity index is 638. The summed E-state index contributed by atoms with van der Waals surface area (Å²) in [5, 5.41) is 4.03. The van der Waals surface area contributed by atoms with Gasteiger partial charge in [-0.1, -0.05) is 11.6 Å². The third-order valence-electron chi connectivity index (χ3n) is 1.98. The van der Waals surface area contributed by atoms with Gasteiger partial charge in [0.1, 0.15) is 4.90 Å². The molecule has 0 aliphatic heterocycles. The van der Waals surface area contributed by atoms with E-state index < -0.39 is 10.0 Å². The molecule has 0 amide bonds. The zero-order chi connectivity index (χ0) is 12.5. The monoisotopic (exact) mass is 272 g/mol. The maximum atomic E-state index is 11.9. The largest absolute Gasteiger partial charge is 0.274 e. The number of aromatic nitrogens is 3. The average Bonchev–Trinajstić information content (AvgIpc) is 2.63. The maximum Gasteiger partial charge on any atom is 0.266 e. The quantitative estimate of drug-likeness (QED) is 0.913. The molecule has 2 aromatic rings. The van der Waals surface area contributed by atoms with Gasteiger partial charge in [0.05, 0.1) is 5.02 Å². The summed E-state index contributed by atoms with van der Waals surface area (Å²) in [6, 6.07) is 2.95. The predicted octanol–water partition coefficient (Wildman–Crippen LogP) is 1.27. The summed E-state index contributed by atoms with van der Waals surface area (Å²) in [6.45, 7) is 0. The van der Waals surface area contributed by atoms with E-state index in [-0.39, 0.29) is 15.7 Å². The number of aryl methyl sites for hydroxylation is 1. The summed E-state index contributed by atoms with van der Waals surface area (Å²) in [5.41, 5.74) is 0. The lowest BCUT2D eigenvalue weighted by Crippen LogP contribution is -2.14. The van der Waals surface area contributed by atoms with E-state index in [1.807, 2.05) is 0 Å². The second kappa shape index (κ2) is 4.34. The second-order valence-corrected chi connectivity index (χ2v) is 5.34. The fourth-order valence-corrected chi connectivity index (χ4v) is 2.65. The Kier molecular flexibility index (Phi) is 3.03. The smallest absolute Gasteiger partial charge is 0.266 e. The van der Waals surface area contributed by atoms with E-state index in [0.29, 0.717) is 0 Å². The molecule has 0 fully saturated rings. The van der Waals surface area contributed by atoms with Crippen LogP contribution in [-0.2, 0) is 17.1 Å². The summed E-state index contributed by atoms with van der Waals surface area (Å²) in [6.07, 6.45) is 4.23. The molecule has 0 aromatic carbocycles. The van der Waals surface area contributed by atoms with Gasteiger partial charge >= 0.3 is 0 Å². The molecule has 1 N–H and O–H groups in total. The molecule has 0 aliphatic rings. The van der Waals surface area contributed by atoms with Crippen molar-refractivity contribution in [1.29, 1.82) is 0 Å². The van der Waals surface area contributed by atoms with E-state index in [4.69, 9.17) is 11.6 Å². The van der Waals surface area contributed by atoms with E-state index >= 15 is 0 Å². The fraction of sp³-hybridized carbons (Fsp3) is 0.111. The standard InChI is InChI=1S/C9H9ClN4O2S/c1-14-5-3-9(12-14)13-17(15,16)8-6-11-4-2-7(8)10/h2-6H,1H3,(H,12,13). The van der Waals surface area contributed by atoms with E-state index in [1.165, 1.54) is 23.1 Å². The Balaban J connectivity index is 2.35. The van der Waals surface area contributed by atoms with Gasteiger partial charge in [0, 0.05) is 31.7 Å². The minimum absolute atomic E-state index is 0.0766. The molecule has 8 heteroatoms. The van der Waals surface area contributed by atoms with Gasteiger partial charge in [0.2, 0.25) is 0 Å². The molecule has 0 unspecified atom stereocenters. The first-order valence-corrected chi connectivity index (χ1v) is 6.47. The predicted molar refractivity (Wildman–Crippen MR) is 63.3 cm³/mol. The molecular formula is C9H9ClN4O2S. The van der Waals surface area contributed by atoms with Gasteiger partial charge in [-0.2, -0.15) is 5.10 Å². The molecule has 0 saturated carbocycles. The summed E-state index contributed by atoms with van der Waals surface area (Å²) in [5.74, 6) is 0.229. The van der Waals surface area contributed by atoms with Crippen LogP contribution in [0.5, 0.6) is 0 Å². The van der Waals surface area contributed by atoms with Crippen LogP contribution in [0.2, 0.25) is 5.02 Å². The molecule has 0 saturated heterocycles. The van der Waals surface area contributed by atoms with Gasteiger partial charge in [-0.05, 0) is 6.07 Å². The molecule has 6 nitrogen and oxygen atoms in total. The second-order valence-electron chi connectivity index (χ2n) is 3.29. The minimum atomic E-state index is -3.75. The van der Waals surface area contributed by atoms with Crippen molar-refractivity contribution in [3.05, 3.63) is 35.7 Å². The van der Waals surface area contributed by atoms with Crippen molar-refractivity contribution in [2.45, 2.75) is 4.90 Å². The van der Waals surface area contributed by atoms with Crippen LogP contribution in [0.3, 0.4) is 0 Å². The molecule has 0 aliphatic carbocycles. The van der Waals surface area contributed by atoms with Crippen LogP contribution in [0.4, 0.5) is 5.82 Å². The van der Waals surface area contributed by atoms with Gasteiger partial charge in [0.25, 0.3) is 10.0 Å². The molecule has 90 valence electrons. The molecule has 0 bridgehead atoms. The number of hydrogen-bond donors (Lipinski definition) is 1. The number of pyridine rings is 1. The van der Waals surface area contributed by atoms with Gasteiger partial charge in [-0.3, -0.25) is 14.4 Å². The van der Waals surface area contributed by atoms with Crippen molar-refractivity contribution in [2.75, 3.05) is 4.72 Å². The highest BCUT2D eigenvalue weighted by Gasteiger charge is 2.18. The Morgan fingerprint density at radius 2 is 2.18 bits per heavy atom. The summed E-state index contributed by atoms with van der Waals surface area (Å²) < 4.78 is 27.7. The van der Waals surface area contributed by atoms with Crippen molar-refractivity contribution in [1.82, 2.24) is 14.8 Å². The number of anilines is 1. The lowest BCUT2D eigenvalue weighted by molar-refractivity contribution is 0.600. The van der Waals surface area contributed by atoms with Gasteiger partial charge in [0.15, 0.2) is 5.82 Å². The first kappa shape index (κ1) is 11.9. The topological polar surface area (TPSA) is 76.9 Å². The van der Waals surface area contributed by atoms with Crippen LogP contribution in [0.15, 0.2) is 35.6 Å². The van der Waals surface area contributed by atoms with Crippen LogP contribution >= 0.6 is 11.6 Å². The third kappa shape index (κ3) is 2.56. The number of nitrogens with one attached hydrogen (secondary N) is 1. The van der Waals surface area contributed by atoms with Crippen LogP contribution in [-0.4, -0.2) is 23.2 Å². The Labute approximate surface area is 103 Å². The average molecular weight is 273 g/mol. The minimum Gasteiger partial charge on any atom is -0.274 e. The first-order valence-electron chi connectivity index (χ1n) is 4.61. The van der Waals surface area contributed by atoms with E-state index in [1.54, 1.807) is 19.3 Å². The van der Waals surface area contributed by atoms with Crippen molar-refractivity contribution in [3.63, 3.8) is 0 Å². The molecule has 0 spiro atoms. The molecule has 2 rings (SSSR count). The van der Waals surface area contributed by atoms with Gasteiger partial charge in [-0.25, -0.2) is 8.42 Å². The Hall–Kier alpha value is -1.60. The highest BCUT2D eigenvalue weighted by molar-refractivity contribution is 7.92. The first-order chi connectivity index (χ1) is 7.99.